The second-order valence-corrected chi connectivity index (χ2v) is 6.92. The molecule has 0 aliphatic rings. The number of hydrogen-bond acceptors (Lipinski definition) is 6. The summed E-state index contributed by atoms with van der Waals surface area (Å²) in [5.41, 5.74) is 6.40. The SMILES string of the molecule is CCCCCNC(=S)NNC(=O)c1csc(-c2ccc(OC)c(OC)c2)n1. The average molecular weight is 409 g/mol. The Morgan fingerprint density at radius 1 is 1.19 bits per heavy atom. The van der Waals surface area contributed by atoms with Gasteiger partial charge < -0.3 is 14.8 Å². The molecule has 27 heavy (non-hydrogen) atoms. The minimum Gasteiger partial charge on any atom is -0.493 e. The zero-order valence-electron chi connectivity index (χ0n) is 15.6. The highest BCUT2D eigenvalue weighted by Gasteiger charge is 2.14. The van der Waals surface area contributed by atoms with Gasteiger partial charge in [-0.3, -0.25) is 15.6 Å². The number of thiazole rings is 1. The molecule has 0 aliphatic heterocycles. The summed E-state index contributed by atoms with van der Waals surface area (Å²) in [5.74, 6) is 0.896. The Morgan fingerprint density at radius 2 is 1.96 bits per heavy atom. The van der Waals surface area contributed by atoms with Gasteiger partial charge in [-0.05, 0) is 36.8 Å². The summed E-state index contributed by atoms with van der Waals surface area (Å²) in [6.45, 7) is 2.91. The monoisotopic (exact) mass is 408 g/mol. The van der Waals surface area contributed by atoms with E-state index in [-0.39, 0.29) is 5.91 Å². The highest BCUT2D eigenvalue weighted by atomic mass is 32.1. The maximum Gasteiger partial charge on any atom is 0.289 e. The topological polar surface area (TPSA) is 84.5 Å². The molecule has 0 saturated heterocycles. The number of thiocarbonyl (C=S) groups is 1. The Labute approximate surface area is 168 Å². The van der Waals surface area contributed by atoms with Gasteiger partial charge in [0.05, 0.1) is 14.2 Å². The van der Waals surface area contributed by atoms with E-state index >= 15 is 0 Å². The summed E-state index contributed by atoms with van der Waals surface area (Å²) < 4.78 is 10.5. The van der Waals surface area contributed by atoms with Crippen molar-refractivity contribution in [2.75, 3.05) is 20.8 Å². The predicted octanol–water partition coefficient (Wildman–Crippen LogP) is 3.13. The van der Waals surface area contributed by atoms with Crippen LogP contribution in [0.5, 0.6) is 11.5 Å². The minimum absolute atomic E-state index is 0.311. The molecule has 0 bridgehead atoms. The summed E-state index contributed by atoms with van der Waals surface area (Å²) in [4.78, 5) is 16.6. The van der Waals surface area contributed by atoms with E-state index in [2.05, 4.69) is 28.1 Å². The van der Waals surface area contributed by atoms with Crippen LogP contribution < -0.4 is 25.6 Å². The number of amides is 1. The lowest BCUT2D eigenvalue weighted by atomic mass is 10.2. The number of nitrogens with one attached hydrogen (secondary N) is 3. The fourth-order valence-electron chi connectivity index (χ4n) is 2.28. The van der Waals surface area contributed by atoms with Gasteiger partial charge in [-0.2, -0.15) is 0 Å². The molecule has 1 heterocycles. The molecule has 0 unspecified atom stereocenters. The minimum atomic E-state index is -0.351. The van der Waals surface area contributed by atoms with Crippen molar-refractivity contribution in [1.82, 2.24) is 21.2 Å². The largest absolute Gasteiger partial charge is 0.493 e. The standard InChI is InChI=1S/C18H24N4O3S2/c1-4-5-6-9-19-18(26)22-21-16(23)13-11-27-17(20-13)12-7-8-14(24-2)15(10-12)25-3/h7-8,10-11H,4-6,9H2,1-3H3,(H,21,23)(H2,19,22,26). The van der Waals surface area contributed by atoms with Gasteiger partial charge in [0.2, 0.25) is 0 Å². The number of carbonyl (C=O) groups is 1. The molecular weight excluding hydrogens is 384 g/mol. The van der Waals surface area contributed by atoms with Crippen molar-refractivity contribution in [3.05, 3.63) is 29.3 Å². The van der Waals surface area contributed by atoms with Crippen LogP contribution in [-0.2, 0) is 0 Å². The van der Waals surface area contributed by atoms with E-state index in [1.807, 2.05) is 12.1 Å². The molecule has 1 amide bonds. The van der Waals surface area contributed by atoms with Crippen molar-refractivity contribution in [3.8, 4) is 22.1 Å². The summed E-state index contributed by atoms with van der Waals surface area (Å²) in [6.07, 6.45) is 3.32. The number of nitrogens with zero attached hydrogens (tertiary/aromatic N) is 1. The first-order valence-corrected chi connectivity index (χ1v) is 9.90. The number of aromatic nitrogens is 1. The van der Waals surface area contributed by atoms with Crippen molar-refractivity contribution < 1.29 is 14.3 Å². The average Bonchev–Trinajstić information content (AvgIpc) is 3.19. The molecule has 1 aromatic carbocycles. The van der Waals surface area contributed by atoms with Crippen molar-refractivity contribution >= 4 is 34.6 Å². The third kappa shape index (κ3) is 6.07. The Kier molecular flexibility index (Phi) is 8.28. The molecule has 0 aliphatic carbocycles. The number of carbonyl (C=O) groups excluding carboxylic acids is 1. The highest BCUT2D eigenvalue weighted by molar-refractivity contribution is 7.80. The van der Waals surface area contributed by atoms with E-state index in [1.165, 1.54) is 11.3 Å². The fraction of sp³-hybridized carbons (Fsp3) is 0.389. The lowest BCUT2D eigenvalue weighted by molar-refractivity contribution is 0.0939. The van der Waals surface area contributed by atoms with Crippen LogP contribution in [0, 0.1) is 0 Å². The molecule has 0 fully saturated rings. The van der Waals surface area contributed by atoms with Gasteiger partial charge >= 0.3 is 0 Å². The number of benzene rings is 1. The van der Waals surface area contributed by atoms with E-state index in [0.29, 0.717) is 27.3 Å². The number of hydrazine groups is 1. The van der Waals surface area contributed by atoms with Gasteiger partial charge in [0.15, 0.2) is 16.6 Å². The smallest absolute Gasteiger partial charge is 0.289 e. The molecular formula is C18H24N4O3S2. The molecule has 2 aromatic rings. The molecule has 7 nitrogen and oxygen atoms in total. The maximum absolute atomic E-state index is 12.2. The van der Waals surface area contributed by atoms with Gasteiger partial charge in [-0.15, -0.1) is 11.3 Å². The van der Waals surface area contributed by atoms with E-state index in [4.69, 9.17) is 21.7 Å². The van der Waals surface area contributed by atoms with Crippen LogP contribution in [0.4, 0.5) is 0 Å². The zero-order chi connectivity index (χ0) is 19.6. The Hall–Kier alpha value is -2.39. The number of ether oxygens (including phenoxy) is 2. The number of rotatable bonds is 8. The molecule has 0 spiro atoms. The fourth-order valence-corrected chi connectivity index (χ4v) is 3.23. The second kappa shape index (κ2) is 10.7. The van der Waals surface area contributed by atoms with Gasteiger partial charge in [0.25, 0.3) is 5.91 Å². The van der Waals surface area contributed by atoms with Crippen molar-refractivity contribution in [2.24, 2.45) is 0 Å². The van der Waals surface area contributed by atoms with Crippen LogP contribution in [0.3, 0.4) is 0 Å². The third-order valence-corrected chi connectivity index (χ3v) is 4.86. The van der Waals surface area contributed by atoms with Crippen LogP contribution in [0.2, 0.25) is 0 Å². The summed E-state index contributed by atoms with van der Waals surface area (Å²) in [5, 5.41) is 5.83. The van der Waals surface area contributed by atoms with Crippen molar-refractivity contribution in [2.45, 2.75) is 26.2 Å². The first-order valence-electron chi connectivity index (χ1n) is 8.61. The van der Waals surface area contributed by atoms with Crippen molar-refractivity contribution in [3.63, 3.8) is 0 Å². The van der Waals surface area contributed by atoms with Crippen molar-refractivity contribution in [1.29, 1.82) is 0 Å². The summed E-state index contributed by atoms with van der Waals surface area (Å²) in [7, 11) is 3.16. The normalized spacial score (nSPS) is 10.2. The van der Waals surface area contributed by atoms with Gasteiger partial charge in [-0.1, -0.05) is 19.8 Å². The van der Waals surface area contributed by atoms with E-state index in [9.17, 15) is 4.79 Å². The molecule has 1 aromatic heterocycles. The highest BCUT2D eigenvalue weighted by Crippen LogP contribution is 2.33. The Balaban J connectivity index is 1.93. The summed E-state index contributed by atoms with van der Waals surface area (Å²) in [6, 6.07) is 5.50. The molecule has 0 atom stereocenters. The first kappa shape index (κ1) is 20.9. The second-order valence-electron chi connectivity index (χ2n) is 5.65. The van der Waals surface area contributed by atoms with Crippen LogP contribution in [0.25, 0.3) is 10.6 Å². The molecule has 9 heteroatoms. The lowest BCUT2D eigenvalue weighted by Crippen LogP contribution is -2.47. The Bertz CT molecular complexity index is 780. The van der Waals surface area contributed by atoms with E-state index in [0.717, 1.165) is 31.4 Å². The van der Waals surface area contributed by atoms with Gasteiger partial charge in [0, 0.05) is 17.5 Å². The third-order valence-electron chi connectivity index (χ3n) is 3.72. The summed E-state index contributed by atoms with van der Waals surface area (Å²) >= 11 is 6.50. The molecule has 0 saturated carbocycles. The van der Waals surface area contributed by atoms with Crippen LogP contribution in [0.15, 0.2) is 23.6 Å². The molecule has 146 valence electrons. The number of methoxy groups -OCH3 is 2. The predicted molar refractivity (Wildman–Crippen MR) is 111 cm³/mol. The van der Waals surface area contributed by atoms with E-state index in [1.54, 1.807) is 25.7 Å². The first-order chi connectivity index (χ1) is 13.1. The van der Waals surface area contributed by atoms with Crippen LogP contribution >= 0.6 is 23.6 Å². The lowest BCUT2D eigenvalue weighted by Gasteiger charge is -2.10. The van der Waals surface area contributed by atoms with E-state index < -0.39 is 0 Å². The number of unbranched alkanes of at least 4 members (excludes halogenated alkanes) is 2. The molecule has 3 N–H and O–H groups in total. The van der Waals surface area contributed by atoms with Gasteiger partial charge in [-0.25, -0.2) is 4.98 Å². The Morgan fingerprint density at radius 3 is 2.67 bits per heavy atom. The zero-order valence-corrected chi connectivity index (χ0v) is 17.3. The molecule has 2 rings (SSSR count). The molecule has 0 radical (unpaired) electrons. The van der Waals surface area contributed by atoms with Gasteiger partial charge in [0.1, 0.15) is 10.7 Å². The van der Waals surface area contributed by atoms with Crippen LogP contribution in [0.1, 0.15) is 36.7 Å². The number of hydrogen-bond donors (Lipinski definition) is 3. The van der Waals surface area contributed by atoms with Crippen LogP contribution in [-0.4, -0.2) is 36.8 Å². The maximum atomic E-state index is 12.2. The quantitative estimate of drug-likeness (QED) is 0.352.